The first-order chi connectivity index (χ1) is 9.25. The Kier molecular flexibility index (Phi) is 3.67. The van der Waals surface area contributed by atoms with Crippen molar-refractivity contribution in [2.24, 2.45) is 0 Å². The lowest BCUT2D eigenvalue weighted by Crippen LogP contribution is -2.13. The molecule has 1 heterocycles. The van der Waals surface area contributed by atoms with Crippen LogP contribution >= 0.6 is 11.6 Å². The lowest BCUT2D eigenvalue weighted by atomic mass is 10.3. The summed E-state index contributed by atoms with van der Waals surface area (Å²) in [5.74, 6) is -2.53. The second-order valence-corrected chi connectivity index (χ2v) is 4.16. The number of anilines is 3. The Hall–Kier alpha value is -2.09. The van der Waals surface area contributed by atoms with Crippen molar-refractivity contribution in [3.63, 3.8) is 0 Å². The van der Waals surface area contributed by atoms with E-state index in [0.717, 1.165) is 12.1 Å². The van der Waals surface area contributed by atoms with Gasteiger partial charge in [-0.2, -0.15) is 13.2 Å². The zero-order chi connectivity index (χ0) is 14.9. The number of nitrogens with two attached hydrogens (primary N) is 1. The molecule has 0 unspecified atom stereocenters. The molecule has 2 rings (SSSR count). The summed E-state index contributed by atoms with van der Waals surface area (Å²) >= 11 is 5.56. The van der Waals surface area contributed by atoms with E-state index in [1.807, 2.05) is 0 Å². The molecule has 20 heavy (non-hydrogen) atoms. The molecule has 2 aromatic rings. The number of alkyl halides is 3. The quantitative estimate of drug-likeness (QED) is 0.832. The topological polar surface area (TPSA) is 63.8 Å². The number of halogens is 5. The minimum absolute atomic E-state index is 0.173. The number of rotatable bonds is 2. The van der Waals surface area contributed by atoms with Crippen LogP contribution in [0.1, 0.15) is 5.82 Å². The molecular weight excluding hydrogens is 300 g/mol. The van der Waals surface area contributed by atoms with Crippen molar-refractivity contribution in [3.8, 4) is 0 Å². The third-order valence-corrected chi connectivity index (χ3v) is 2.48. The van der Waals surface area contributed by atoms with Gasteiger partial charge in [0.2, 0.25) is 5.82 Å². The van der Waals surface area contributed by atoms with E-state index in [-0.39, 0.29) is 22.3 Å². The molecule has 0 aliphatic rings. The Morgan fingerprint density at radius 1 is 1.15 bits per heavy atom. The summed E-state index contributed by atoms with van der Waals surface area (Å²) in [5, 5.41) is 2.37. The van der Waals surface area contributed by atoms with Crippen molar-refractivity contribution in [1.82, 2.24) is 9.97 Å². The average Bonchev–Trinajstić information content (AvgIpc) is 2.32. The highest BCUT2D eigenvalue weighted by molar-refractivity contribution is 6.31. The van der Waals surface area contributed by atoms with Gasteiger partial charge in [-0.1, -0.05) is 11.6 Å². The Labute approximate surface area is 115 Å². The van der Waals surface area contributed by atoms with Crippen LogP contribution in [0.25, 0.3) is 0 Å². The lowest BCUT2D eigenvalue weighted by molar-refractivity contribution is -0.144. The number of aromatic nitrogens is 2. The van der Waals surface area contributed by atoms with Crippen LogP contribution in [0.3, 0.4) is 0 Å². The summed E-state index contributed by atoms with van der Waals surface area (Å²) in [6.45, 7) is 0. The van der Waals surface area contributed by atoms with E-state index >= 15 is 0 Å². The molecule has 0 saturated heterocycles. The zero-order valence-electron chi connectivity index (χ0n) is 9.67. The van der Waals surface area contributed by atoms with Gasteiger partial charge in [-0.15, -0.1) is 0 Å². The molecule has 1 aromatic carbocycles. The van der Waals surface area contributed by atoms with Crippen LogP contribution in [0, 0.1) is 5.82 Å². The molecule has 0 aliphatic heterocycles. The summed E-state index contributed by atoms with van der Waals surface area (Å²) < 4.78 is 50.5. The van der Waals surface area contributed by atoms with Gasteiger partial charge in [0.25, 0.3) is 0 Å². The summed E-state index contributed by atoms with van der Waals surface area (Å²) in [7, 11) is 0. The van der Waals surface area contributed by atoms with Crippen LogP contribution in [0.2, 0.25) is 5.02 Å². The van der Waals surface area contributed by atoms with Gasteiger partial charge in [-0.25, -0.2) is 14.4 Å². The fraction of sp³-hybridized carbons (Fsp3) is 0.0909. The van der Waals surface area contributed by atoms with E-state index < -0.39 is 17.8 Å². The van der Waals surface area contributed by atoms with E-state index in [0.29, 0.717) is 0 Å². The fourth-order valence-electron chi connectivity index (χ4n) is 1.38. The van der Waals surface area contributed by atoms with E-state index in [4.69, 9.17) is 17.3 Å². The lowest BCUT2D eigenvalue weighted by Gasteiger charge is -2.10. The number of nitrogens with one attached hydrogen (secondary N) is 1. The summed E-state index contributed by atoms with van der Waals surface area (Å²) in [6, 6.07) is 4.70. The smallest absolute Gasteiger partial charge is 0.384 e. The molecule has 1 aromatic heterocycles. The highest BCUT2D eigenvalue weighted by atomic mass is 35.5. The molecule has 0 fully saturated rings. The first-order valence-electron chi connectivity index (χ1n) is 5.19. The highest BCUT2D eigenvalue weighted by Gasteiger charge is 2.35. The fourth-order valence-corrected chi connectivity index (χ4v) is 1.56. The third-order valence-electron chi connectivity index (χ3n) is 2.19. The minimum Gasteiger partial charge on any atom is -0.384 e. The molecule has 106 valence electrons. The first kappa shape index (κ1) is 14.3. The van der Waals surface area contributed by atoms with Crippen molar-refractivity contribution in [2.75, 3.05) is 11.1 Å². The van der Waals surface area contributed by atoms with Crippen LogP contribution < -0.4 is 11.1 Å². The molecule has 0 amide bonds. The Bertz CT molecular complexity index is 645. The molecule has 0 radical (unpaired) electrons. The van der Waals surface area contributed by atoms with Gasteiger partial charge in [-0.3, -0.25) is 0 Å². The average molecular weight is 307 g/mol. The second kappa shape index (κ2) is 5.12. The second-order valence-electron chi connectivity index (χ2n) is 3.75. The maximum Gasteiger partial charge on any atom is 0.451 e. The van der Waals surface area contributed by atoms with Crippen LogP contribution in [-0.2, 0) is 6.18 Å². The van der Waals surface area contributed by atoms with Crippen molar-refractivity contribution >= 4 is 28.9 Å². The summed E-state index contributed by atoms with van der Waals surface area (Å²) in [6.07, 6.45) is -4.72. The molecule has 0 bridgehead atoms. The Morgan fingerprint density at radius 3 is 2.45 bits per heavy atom. The van der Waals surface area contributed by atoms with Gasteiger partial charge >= 0.3 is 6.18 Å². The maximum absolute atomic E-state index is 13.0. The van der Waals surface area contributed by atoms with Crippen LogP contribution in [0.4, 0.5) is 34.9 Å². The predicted molar refractivity (Wildman–Crippen MR) is 66.1 cm³/mol. The van der Waals surface area contributed by atoms with Crippen molar-refractivity contribution < 1.29 is 17.6 Å². The molecule has 3 N–H and O–H groups in total. The number of benzene rings is 1. The SMILES string of the molecule is Nc1cc(Nc2ccc(F)c(Cl)c2)nc(C(F)(F)F)n1. The molecule has 0 saturated carbocycles. The molecular formula is C11H7ClF4N4. The van der Waals surface area contributed by atoms with Crippen molar-refractivity contribution in [2.45, 2.75) is 6.18 Å². The van der Waals surface area contributed by atoms with E-state index in [1.165, 1.54) is 12.1 Å². The number of hydrogen-bond donors (Lipinski definition) is 2. The van der Waals surface area contributed by atoms with E-state index in [9.17, 15) is 17.6 Å². The molecule has 0 spiro atoms. The van der Waals surface area contributed by atoms with E-state index in [1.54, 1.807) is 0 Å². The van der Waals surface area contributed by atoms with Gasteiger partial charge in [0.05, 0.1) is 5.02 Å². The Balaban J connectivity index is 2.33. The van der Waals surface area contributed by atoms with Crippen LogP contribution in [0.15, 0.2) is 24.3 Å². The van der Waals surface area contributed by atoms with Crippen LogP contribution in [-0.4, -0.2) is 9.97 Å². The largest absolute Gasteiger partial charge is 0.451 e. The third kappa shape index (κ3) is 3.27. The van der Waals surface area contributed by atoms with Gasteiger partial charge in [-0.05, 0) is 18.2 Å². The summed E-state index contributed by atoms with van der Waals surface area (Å²) in [5.41, 5.74) is 5.55. The van der Waals surface area contributed by atoms with Crippen molar-refractivity contribution in [3.05, 3.63) is 40.9 Å². The van der Waals surface area contributed by atoms with E-state index in [2.05, 4.69) is 15.3 Å². The minimum atomic E-state index is -4.72. The van der Waals surface area contributed by atoms with Gasteiger partial charge in [0, 0.05) is 11.8 Å². The number of nitrogen functional groups attached to an aromatic ring is 1. The first-order valence-corrected chi connectivity index (χ1v) is 5.57. The molecule has 9 heteroatoms. The Morgan fingerprint density at radius 2 is 1.85 bits per heavy atom. The highest BCUT2D eigenvalue weighted by Crippen LogP contribution is 2.29. The molecule has 0 atom stereocenters. The van der Waals surface area contributed by atoms with Gasteiger partial charge < -0.3 is 11.1 Å². The standard InChI is InChI=1S/C11H7ClF4N4/c12-6-3-5(1-2-7(6)13)18-9-4-8(17)19-10(20-9)11(14,15)16/h1-4H,(H3,17,18,19,20). The van der Waals surface area contributed by atoms with Crippen LogP contribution in [0.5, 0.6) is 0 Å². The normalized spacial score (nSPS) is 11.4. The van der Waals surface area contributed by atoms with Gasteiger partial charge in [0.1, 0.15) is 17.5 Å². The van der Waals surface area contributed by atoms with Gasteiger partial charge in [0.15, 0.2) is 0 Å². The number of nitrogens with zero attached hydrogens (tertiary/aromatic N) is 2. The molecule has 0 aliphatic carbocycles. The monoisotopic (exact) mass is 306 g/mol. The number of hydrogen-bond acceptors (Lipinski definition) is 4. The maximum atomic E-state index is 13.0. The molecule has 4 nitrogen and oxygen atoms in total. The predicted octanol–water partition coefficient (Wildman–Crippen LogP) is 3.61. The summed E-state index contributed by atoms with van der Waals surface area (Å²) in [4.78, 5) is 6.38. The zero-order valence-corrected chi connectivity index (χ0v) is 10.4. The van der Waals surface area contributed by atoms with Crippen molar-refractivity contribution in [1.29, 1.82) is 0 Å².